The minimum Gasteiger partial charge on any atom is -0.345 e. The first kappa shape index (κ1) is 17.2. The summed E-state index contributed by atoms with van der Waals surface area (Å²) in [5.41, 5.74) is 2.79. The highest BCUT2D eigenvalue weighted by atomic mass is 16.2. The Hall–Kier alpha value is -2.66. The number of piperidine rings is 1. The fourth-order valence-electron chi connectivity index (χ4n) is 2.97. The van der Waals surface area contributed by atoms with E-state index < -0.39 is 11.8 Å². The van der Waals surface area contributed by atoms with Crippen molar-refractivity contribution in [2.75, 3.05) is 25.5 Å². The number of amides is 2. The Balaban J connectivity index is 1.54. The monoisotopic (exact) mass is 337 g/mol. The number of likely N-dealkylation sites (tertiary alicyclic amines) is 1. The summed E-state index contributed by atoms with van der Waals surface area (Å²) in [6, 6.07) is 17.6. The molecule has 0 unspecified atom stereocenters. The third-order valence-electron chi connectivity index (χ3n) is 4.51. The minimum absolute atomic E-state index is 0.0786. The summed E-state index contributed by atoms with van der Waals surface area (Å²) in [6.45, 7) is 1.88. The fourth-order valence-corrected chi connectivity index (χ4v) is 2.97. The van der Waals surface area contributed by atoms with E-state index in [1.165, 1.54) is 0 Å². The molecule has 5 heteroatoms. The molecule has 0 aliphatic carbocycles. The van der Waals surface area contributed by atoms with Gasteiger partial charge >= 0.3 is 11.8 Å². The molecule has 0 radical (unpaired) electrons. The van der Waals surface area contributed by atoms with E-state index in [1.807, 2.05) is 54.6 Å². The molecule has 2 aromatic rings. The number of carbonyl (C=O) groups excluding carboxylic acids is 2. The molecule has 0 bridgehead atoms. The van der Waals surface area contributed by atoms with Gasteiger partial charge in [0.2, 0.25) is 0 Å². The zero-order chi connectivity index (χ0) is 17.6. The van der Waals surface area contributed by atoms with Crippen molar-refractivity contribution in [3.8, 4) is 11.1 Å². The zero-order valence-corrected chi connectivity index (χ0v) is 14.4. The Morgan fingerprint density at radius 2 is 1.48 bits per heavy atom. The van der Waals surface area contributed by atoms with E-state index in [9.17, 15) is 9.59 Å². The molecule has 0 atom stereocenters. The molecule has 2 amide bonds. The molecule has 25 heavy (non-hydrogen) atoms. The minimum atomic E-state index is -0.619. The van der Waals surface area contributed by atoms with Gasteiger partial charge in [-0.15, -0.1) is 0 Å². The van der Waals surface area contributed by atoms with E-state index in [2.05, 4.69) is 22.6 Å². The third-order valence-corrected chi connectivity index (χ3v) is 4.51. The Labute approximate surface area is 148 Å². The van der Waals surface area contributed by atoms with Crippen LogP contribution in [0.1, 0.15) is 12.8 Å². The Morgan fingerprint density at radius 1 is 0.880 bits per heavy atom. The Kier molecular flexibility index (Phi) is 5.46. The van der Waals surface area contributed by atoms with Crippen molar-refractivity contribution in [2.45, 2.75) is 18.9 Å². The maximum atomic E-state index is 12.1. The molecule has 0 saturated carbocycles. The molecule has 1 aliphatic heterocycles. The topological polar surface area (TPSA) is 61.4 Å². The largest absolute Gasteiger partial charge is 0.345 e. The standard InChI is InChI=1S/C20H23N3O2/c1-23-13-11-18(12-14-23)22-20(25)19(24)21-17-9-7-16(8-10-17)15-5-3-2-4-6-15/h2-10,18H,11-14H2,1H3,(H,21,24)(H,22,25). The number of anilines is 1. The van der Waals surface area contributed by atoms with Crippen LogP contribution in [-0.2, 0) is 9.59 Å². The van der Waals surface area contributed by atoms with Crippen molar-refractivity contribution >= 4 is 17.5 Å². The number of hydrogen-bond acceptors (Lipinski definition) is 3. The molecule has 0 spiro atoms. The van der Waals surface area contributed by atoms with Crippen LogP contribution in [0.4, 0.5) is 5.69 Å². The number of nitrogens with zero attached hydrogens (tertiary/aromatic N) is 1. The number of nitrogens with one attached hydrogen (secondary N) is 2. The average molecular weight is 337 g/mol. The molecule has 1 aliphatic rings. The molecule has 2 N–H and O–H groups in total. The molecule has 1 heterocycles. The molecule has 1 fully saturated rings. The van der Waals surface area contributed by atoms with Crippen molar-refractivity contribution in [3.05, 3.63) is 54.6 Å². The van der Waals surface area contributed by atoms with Gasteiger partial charge in [-0.05, 0) is 56.2 Å². The molecule has 130 valence electrons. The lowest BCUT2D eigenvalue weighted by molar-refractivity contribution is -0.136. The van der Waals surface area contributed by atoms with Crippen molar-refractivity contribution in [2.24, 2.45) is 0 Å². The highest BCUT2D eigenvalue weighted by Crippen LogP contribution is 2.21. The van der Waals surface area contributed by atoms with Gasteiger partial charge in [-0.2, -0.15) is 0 Å². The van der Waals surface area contributed by atoms with E-state index in [0.29, 0.717) is 5.69 Å². The van der Waals surface area contributed by atoms with Crippen LogP contribution in [0.2, 0.25) is 0 Å². The lowest BCUT2D eigenvalue weighted by atomic mass is 10.1. The third kappa shape index (κ3) is 4.67. The van der Waals surface area contributed by atoms with Crippen LogP contribution in [0.3, 0.4) is 0 Å². The van der Waals surface area contributed by atoms with Crippen molar-refractivity contribution < 1.29 is 9.59 Å². The zero-order valence-electron chi connectivity index (χ0n) is 14.4. The molecule has 5 nitrogen and oxygen atoms in total. The normalized spacial score (nSPS) is 15.6. The van der Waals surface area contributed by atoms with Crippen LogP contribution in [-0.4, -0.2) is 42.9 Å². The fraction of sp³-hybridized carbons (Fsp3) is 0.300. The van der Waals surface area contributed by atoms with Gasteiger partial charge < -0.3 is 15.5 Å². The van der Waals surface area contributed by atoms with E-state index in [-0.39, 0.29) is 6.04 Å². The number of carbonyl (C=O) groups is 2. The summed E-state index contributed by atoms with van der Waals surface area (Å²) in [5.74, 6) is -1.19. The Bertz CT molecular complexity index is 720. The smallest absolute Gasteiger partial charge is 0.313 e. The highest BCUT2D eigenvalue weighted by Gasteiger charge is 2.22. The SMILES string of the molecule is CN1CCC(NC(=O)C(=O)Nc2ccc(-c3ccccc3)cc2)CC1. The van der Waals surface area contributed by atoms with Gasteiger partial charge in [0, 0.05) is 11.7 Å². The van der Waals surface area contributed by atoms with Gasteiger partial charge in [-0.25, -0.2) is 0 Å². The van der Waals surface area contributed by atoms with E-state index in [0.717, 1.165) is 37.1 Å². The molecular formula is C20H23N3O2. The van der Waals surface area contributed by atoms with Gasteiger partial charge in [-0.3, -0.25) is 9.59 Å². The number of rotatable bonds is 3. The first-order valence-corrected chi connectivity index (χ1v) is 8.58. The van der Waals surface area contributed by atoms with Crippen LogP contribution in [0.15, 0.2) is 54.6 Å². The molecular weight excluding hydrogens is 314 g/mol. The molecule has 1 saturated heterocycles. The van der Waals surface area contributed by atoms with Gasteiger partial charge in [-0.1, -0.05) is 42.5 Å². The molecule has 2 aromatic carbocycles. The molecule has 0 aromatic heterocycles. The van der Waals surface area contributed by atoms with Crippen LogP contribution in [0, 0.1) is 0 Å². The van der Waals surface area contributed by atoms with E-state index >= 15 is 0 Å². The lowest BCUT2D eigenvalue weighted by Crippen LogP contribution is -2.46. The first-order valence-electron chi connectivity index (χ1n) is 8.58. The number of benzene rings is 2. The second-order valence-corrected chi connectivity index (χ2v) is 6.45. The van der Waals surface area contributed by atoms with Gasteiger partial charge in [0.05, 0.1) is 0 Å². The van der Waals surface area contributed by atoms with Gasteiger partial charge in [0.25, 0.3) is 0 Å². The average Bonchev–Trinajstić information content (AvgIpc) is 2.65. The summed E-state index contributed by atoms with van der Waals surface area (Å²) in [7, 11) is 2.06. The summed E-state index contributed by atoms with van der Waals surface area (Å²) in [6.07, 6.45) is 1.75. The van der Waals surface area contributed by atoms with Crippen molar-refractivity contribution in [1.29, 1.82) is 0 Å². The molecule has 3 rings (SSSR count). The maximum absolute atomic E-state index is 12.1. The van der Waals surface area contributed by atoms with Gasteiger partial charge in [0.1, 0.15) is 0 Å². The van der Waals surface area contributed by atoms with E-state index in [4.69, 9.17) is 0 Å². The lowest BCUT2D eigenvalue weighted by Gasteiger charge is -2.29. The van der Waals surface area contributed by atoms with Crippen LogP contribution in [0.5, 0.6) is 0 Å². The summed E-state index contributed by atoms with van der Waals surface area (Å²) < 4.78 is 0. The quantitative estimate of drug-likeness (QED) is 0.846. The summed E-state index contributed by atoms with van der Waals surface area (Å²) >= 11 is 0. The highest BCUT2D eigenvalue weighted by molar-refractivity contribution is 6.39. The van der Waals surface area contributed by atoms with Gasteiger partial charge in [0.15, 0.2) is 0 Å². The van der Waals surface area contributed by atoms with Crippen molar-refractivity contribution in [3.63, 3.8) is 0 Å². The van der Waals surface area contributed by atoms with Crippen LogP contribution in [0.25, 0.3) is 11.1 Å². The summed E-state index contributed by atoms with van der Waals surface area (Å²) in [5, 5.41) is 5.48. The van der Waals surface area contributed by atoms with Crippen LogP contribution >= 0.6 is 0 Å². The Morgan fingerprint density at radius 3 is 2.12 bits per heavy atom. The van der Waals surface area contributed by atoms with Crippen molar-refractivity contribution in [1.82, 2.24) is 10.2 Å². The van der Waals surface area contributed by atoms with E-state index in [1.54, 1.807) is 0 Å². The second-order valence-electron chi connectivity index (χ2n) is 6.45. The van der Waals surface area contributed by atoms with Crippen LogP contribution < -0.4 is 10.6 Å². The number of hydrogen-bond donors (Lipinski definition) is 2. The predicted molar refractivity (Wildman–Crippen MR) is 99.2 cm³/mol. The predicted octanol–water partition coefficient (Wildman–Crippen LogP) is 2.50. The second kappa shape index (κ2) is 7.94. The first-order chi connectivity index (χ1) is 12.1. The summed E-state index contributed by atoms with van der Waals surface area (Å²) in [4.78, 5) is 26.3. The maximum Gasteiger partial charge on any atom is 0.313 e.